The van der Waals surface area contributed by atoms with Gasteiger partial charge in [-0.15, -0.1) is 0 Å². The minimum atomic E-state index is 0.794. The Balaban J connectivity index is 0. The summed E-state index contributed by atoms with van der Waals surface area (Å²) in [6.45, 7) is 25.4. The van der Waals surface area contributed by atoms with E-state index in [9.17, 15) is 0 Å². The van der Waals surface area contributed by atoms with Gasteiger partial charge in [0.15, 0.2) is 0 Å². The predicted molar refractivity (Wildman–Crippen MR) is 182 cm³/mol. The summed E-state index contributed by atoms with van der Waals surface area (Å²) in [5, 5.41) is 4.50. The molecule has 0 saturated carbocycles. The molecular weight excluding hydrogens is 476 g/mol. The molecule has 4 heteroatoms. The van der Waals surface area contributed by atoms with Crippen molar-refractivity contribution in [3.8, 4) is 0 Å². The number of hydrogen-bond donors (Lipinski definition) is 2. The highest BCUT2D eigenvalue weighted by atomic mass is 14.8. The number of aliphatic imine (C=N–C) groups is 2. The Labute approximate surface area is 242 Å². The summed E-state index contributed by atoms with van der Waals surface area (Å²) in [6.07, 6.45) is 16.0. The minimum absolute atomic E-state index is 0.794. The Morgan fingerprint density at radius 3 is 1.87 bits per heavy atom. The Bertz CT molecular complexity index is 926. The van der Waals surface area contributed by atoms with Gasteiger partial charge >= 0.3 is 0 Å². The van der Waals surface area contributed by atoms with Gasteiger partial charge in [-0.05, 0) is 75.4 Å². The van der Waals surface area contributed by atoms with Crippen molar-refractivity contribution in [3.63, 3.8) is 0 Å². The lowest BCUT2D eigenvalue weighted by Crippen LogP contribution is -2.14. The number of unbranched alkanes of at least 4 members (excludes halogenated alkanes) is 5. The van der Waals surface area contributed by atoms with E-state index in [1.165, 1.54) is 76.3 Å². The first-order valence-electron chi connectivity index (χ1n) is 15.4. The van der Waals surface area contributed by atoms with Gasteiger partial charge in [-0.25, -0.2) is 0 Å². The number of hydrogen-bond acceptors (Lipinski definition) is 3. The van der Waals surface area contributed by atoms with Gasteiger partial charge in [0, 0.05) is 42.0 Å². The molecule has 39 heavy (non-hydrogen) atoms. The van der Waals surface area contributed by atoms with Crippen LogP contribution in [0, 0.1) is 0 Å². The van der Waals surface area contributed by atoms with E-state index in [-0.39, 0.29) is 0 Å². The Morgan fingerprint density at radius 1 is 0.821 bits per heavy atom. The van der Waals surface area contributed by atoms with Crippen LogP contribution in [0.5, 0.6) is 0 Å². The highest BCUT2D eigenvalue weighted by Crippen LogP contribution is 2.23. The number of nitrogens with zero attached hydrogens (tertiary/aromatic N) is 2. The van der Waals surface area contributed by atoms with Crippen LogP contribution >= 0.6 is 0 Å². The number of allylic oxidation sites excluding steroid dienone is 3. The van der Waals surface area contributed by atoms with E-state index in [0.29, 0.717) is 0 Å². The maximum absolute atomic E-state index is 4.46. The topological polar surface area (TPSA) is 52.5 Å². The first-order chi connectivity index (χ1) is 18.8. The minimum Gasteiger partial charge on any atom is -0.361 e. The maximum Gasteiger partial charge on any atom is 0.0466 e. The van der Waals surface area contributed by atoms with Crippen LogP contribution < -0.4 is 5.32 Å². The van der Waals surface area contributed by atoms with Gasteiger partial charge in [0.05, 0.1) is 0 Å². The second-order valence-corrected chi connectivity index (χ2v) is 9.95. The van der Waals surface area contributed by atoms with Crippen molar-refractivity contribution < 1.29 is 0 Å². The molecule has 0 aliphatic rings. The molecule has 0 atom stereocenters. The molecule has 2 N–H and O–H groups in total. The highest BCUT2D eigenvalue weighted by molar-refractivity contribution is 6.20. The fourth-order valence-corrected chi connectivity index (χ4v) is 3.53. The molecule has 1 heterocycles. The summed E-state index contributed by atoms with van der Waals surface area (Å²) >= 11 is 0. The lowest BCUT2D eigenvalue weighted by atomic mass is 9.98. The summed E-state index contributed by atoms with van der Waals surface area (Å²) in [6, 6.07) is 8.47. The van der Waals surface area contributed by atoms with Crippen molar-refractivity contribution in [3.05, 3.63) is 53.9 Å². The molecule has 222 valence electrons. The molecule has 0 aliphatic carbocycles. The fraction of sp³-hybridized carbons (Fsp3) is 0.600. The predicted octanol–water partition coefficient (Wildman–Crippen LogP) is 10.8. The molecule has 0 aliphatic heterocycles. The Kier molecular flexibility index (Phi) is 26.9. The molecule has 2 aromatic rings. The van der Waals surface area contributed by atoms with Crippen molar-refractivity contribution in [1.82, 2.24) is 10.3 Å². The van der Waals surface area contributed by atoms with E-state index in [4.69, 9.17) is 0 Å². The van der Waals surface area contributed by atoms with Crippen molar-refractivity contribution in [2.75, 3.05) is 20.1 Å². The molecule has 0 bridgehead atoms. The third-order valence-corrected chi connectivity index (χ3v) is 5.96. The third-order valence-electron chi connectivity index (χ3n) is 5.96. The zero-order valence-electron chi connectivity index (χ0n) is 27.3. The van der Waals surface area contributed by atoms with Crippen molar-refractivity contribution in [2.24, 2.45) is 9.98 Å². The van der Waals surface area contributed by atoms with E-state index in [2.05, 4.69) is 99.6 Å². The van der Waals surface area contributed by atoms with Crippen LogP contribution in [0.3, 0.4) is 0 Å². The monoisotopic (exact) mass is 538 g/mol. The van der Waals surface area contributed by atoms with Crippen LogP contribution in [-0.4, -0.2) is 37.0 Å². The van der Waals surface area contributed by atoms with Crippen molar-refractivity contribution >= 4 is 28.4 Å². The molecule has 0 unspecified atom stereocenters. The van der Waals surface area contributed by atoms with Gasteiger partial charge in [-0.1, -0.05) is 105 Å². The molecular formula is C35H62N4. The van der Waals surface area contributed by atoms with Gasteiger partial charge in [-0.3, -0.25) is 9.98 Å². The van der Waals surface area contributed by atoms with Gasteiger partial charge in [0.1, 0.15) is 0 Å². The number of aromatic amines is 1. The van der Waals surface area contributed by atoms with Crippen LogP contribution in [-0.2, 0) is 0 Å². The van der Waals surface area contributed by atoms with E-state index >= 15 is 0 Å². The first kappa shape index (κ1) is 38.7. The largest absolute Gasteiger partial charge is 0.361 e. The lowest BCUT2D eigenvalue weighted by Gasteiger charge is -2.09. The quantitative estimate of drug-likeness (QED) is 0.193. The molecule has 1 aromatic carbocycles. The fourth-order valence-electron chi connectivity index (χ4n) is 3.53. The summed E-state index contributed by atoms with van der Waals surface area (Å²) in [7, 11) is 1.77. The normalized spacial score (nSPS) is 11.6. The van der Waals surface area contributed by atoms with Crippen LogP contribution in [0.2, 0.25) is 0 Å². The first-order valence-corrected chi connectivity index (χ1v) is 15.4. The smallest absolute Gasteiger partial charge is 0.0466 e. The SMILES string of the molecule is C=C(C)N=C(C)/C(C=NC)=C(\C)c1ccc2cc[nH]c2c1.CCCC.CCCCCCC.CCCNCCC. The molecule has 0 saturated heterocycles. The summed E-state index contributed by atoms with van der Waals surface area (Å²) in [5.74, 6) is 0. The highest BCUT2D eigenvalue weighted by Gasteiger charge is 2.08. The molecule has 0 fully saturated rings. The van der Waals surface area contributed by atoms with Crippen LogP contribution in [0.15, 0.2) is 58.3 Å². The van der Waals surface area contributed by atoms with Gasteiger partial charge in [0.2, 0.25) is 0 Å². The number of nitrogens with one attached hydrogen (secondary N) is 2. The molecule has 0 radical (unpaired) electrons. The maximum atomic E-state index is 4.46. The molecule has 1 aromatic heterocycles. The van der Waals surface area contributed by atoms with Gasteiger partial charge in [-0.2, -0.15) is 0 Å². The zero-order chi connectivity index (χ0) is 29.9. The van der Waals surface area contributed by atoms with Gasteiger partial charge in [0.25, 0.3) is 0 Å². The molecule has 2 rings (SSSR count). The number of benzene rings is 1. The second-order valence-electron chi connectivity index (χ2n) is 9.95. The zero-order valence-corrected chi connectivity index (χ0v) is 27.3. The van der Waals surface area contributed by atoms with Crippen molar-refractivity contribution in [2.45, 2.75) is 120 Å². The standard InChI is InChI=1S/C18H21N3.C7H16.C6H15N.C4H10/c1-12(2)21-14(4)17(11-19-5)13(3)16-7-6-15-8-9-20-18(15)10-16;2*1-3-5-7-6-4-2;1-3-4-2/h6-11,20H,1H2,2-5H3;3-7H2,1-2H3;7H,3-6H2,1-2H3;3-4H2,1-2H3/b17-13+,19-11?,21-14?;;;. The van der Waals surface area contributed by atoms with Crippen molar-refractivity contribution in [1.29, 1.82) is 0 Å². The Hall–Kier alpha value is -2.46. The number of aromatic nitrogens is 1. The molecule has 0 amide bonds. The number of fused-ring (bicyclic) bond motifs is 1. The summed E-state index contributed by atoms with van der Waals surface area (Å²) in [5.41, 5.74) is 6.20. The van der Waals surface area contributed by atoms with Crippen LogP contribution in [0.25, 0.3) is 16.5 Å². The Morgan fingerprint density at radius 2 is 1.41 bits per heavy atom. The number of rotatable bonds is 13. The average Bonchev–Trinajstić information content (AvgIpc) is 3.40. The third kappa shape index (κ3) is 20.2. The van der Waals surface area contributed by atoms with E-state index in [0.717, 1.165) is 33.6 Å². The molecule has 0 spiro atoms. The summed E-state index contributed by atoms with van der Waals surface area (Å²) in [4.78, 5) is 11.9. The lowest BCUT2D eigenvalue weighted by molar-refractivity contribution is 0.656. The second kappa shape index (κ2) is 27.1. The van der Waals surface area contributed by atoms with E-state index < -0.39 is 0 Å². The van der Waals surface area contributed by atoms with E-state index in [1.807, 2.05) is 26.3 Å². The van der Waals surface area contributed by atoms with E-state index in [1.54, 1.807) is 7.05 Å². The average molecular weight is 539 g/mol. The van der Waals surface area contributed by atoms with Crippen LogP contribution in [0.4, 0.5) is 0 Å². The van der Waals surface area contributed by atoms with Gasteiger partial charge < -0.3 is 10.3 Å². The molecule has 4 nitrogen and oxygen atoms in total. The van der Waals surface area contributed by atoms with Crippen LogP contribution in [0.1, 0.15) is 126 Å². The number of H-pyrrole nitrogens is 1. The summed E-state index contributed by atoms with van der Waals surface area (Å²) < 4.78 is 0.